The molecule has 58 heavy (non-hydrogen) atoms. The second-order valence-electron chi connectivity index (χ2n) is 14.5. The van der Waals surface area contributed by atoms with E-state index in [-0.39, 0.29) is 17.7 Å². The van der Waals surface area contributed by atoms with Crippen molar-refractivity contribution in [2.24, 2.45) is 14.1 Å². The SMILES string of the molecule is Cc1ccc(-c2ccc(F)nc2)c(N2CCC(c3nnc(N)n3C)CC2)c1C#N.Cn1c(N)nnc1C1CCN(c2c(C#N)cccc2-c2cc(Cl)ccc2F)CC1. The normalized spacial score (nSPS) is 14.8. The number of nitrogens with two attached hydrogens (primary N) is 2. The number of nitrogen functional groups attached to an aromatic ring is 2. The summed E-state index contributed by atoms with van der Waals surface area (Å²) in [6.45, 7) is 4.91. The minimum atomic E-state index is -0.522. The van der Waals surface area contributed by atoms with Crippen LogP contribution >= 0.6 is 11.6 Å². The zero-order valence-corrected chi connectivity index (χ0v) is 33.1. The molecule has 6 aromatic rings. The number of hydrogen-bond acceptors (Lipinski definition) is 11. The maximum Gasteiger partial charge on any atom is 0.221 e. The van der Waals surface area contributed by atoms with E-state index in [0.29, 0.717) is 52.3 Å². The van der Waals surface area contributed by atoms with Crippen LogP contribution in [0, 0.1) is 41.4 Å². The van der Waals surface area contributed by atoms with Crippen LogP contribution in [0.1, 0.15) is 65.9 Å². The zero-order valence-electron chi connectivity index (χ0n) is 32.4. The summed E-state index contributed by atoms with van der Waals surface area (Å²) in [5.74, 6) is 2.21. The van der Waals surface area contributed by atoms with Gasteiger partial charge in [-0.15, -0.1) is 20.4 Å². The van der Waals surface area contributed by atoms with Crippen molar-refractivity contribution in [3.63, 3.8) is 0 Å². The van der Waals surface area contributed by atoms with E-state index in [4.69, 9.17) is 23.1 Å². The summed E-state index contributed by atoms with van der Waals surface area (Å²) in [5, 5.41) is 36.3. The maximum atomic E-state index is 14.6. The van der Waals surface area contributed by atoms with E-state index in [1.54, 1.807) is 24.3 Å². The van der Waals surface area contributed by atoms with E-state index in [1.807, 2.05) is 48.4 Å². The van der Waals surface area contributed by atoms with Crippen molar-refractivity contribution in [3.8, 4) is 34.4 Å². The second kappa shape index (κ2) is 16.9. The van der Waals surface area contributed by atoms with Crippen LogP contribution in [0.2, 0.25) is 5.02 Å². The first-order chi connectivity index (χ1) is 28.0. The Morgan fingerprint density at radius 2 is 1.31 bits per heavy atom. The Kier molecular flexibility index (Phi) is 11.5. The highest BCUT2D eigenvalue weighted by Crippen LogP contribution is 2.41. The van der Waals surface area contributed by atoms with Crippen LogP contribution in [0.25, 0.3) is 22.3 Å². The van der Waals surface area contributed by atoms with Gasteiger partial charge in [0.2, 0.25) is 17.8 Å². The van der Waals surface area contributed by atoms with Crippen LogP contribution in [0.3, 0.4) is 0 Å². The third-order valence-electron chi connectivity index (χ3n) is 11.1. The molecule has 0 atom stereocenters. The summed E-state index contributed by atoms with van der Waals surface area (Å²) in [6.07, 6.45) is 4.95. The van der Waals surface area contributed by atoms with Gasteiger partial charge in [-0.2, -0.15) is 14.9 Å². The van der Waals surface area contributed by atoms with Crippen molar-refractivity contribution in [1.82, 2.24) is 34.5 Å². The number of anilines is 4. The molecule has 0 aliphatic carbocycles. The van der Waals surface area contributed by atoms with Crippen LogP contribution in [0.5, 0.6) is 0 Å². The molecule has 8 rings (SSSR count). The van der Waals surface area contributed by atoms with Crippen LogP contribution in [0.4, 0.5) is 32.1 Å². The molecule has 296 valence electrons. The Morgan fingerprint density at radius 3 is 1.83 bits per heavy atom. The first-order valence-electron chi connectivity index (χ1n) is 18.9. The van der Waals surface area contributed by atoms with Crippen molar-refractivity contribution in [3.05, 3.63) is 112 Å². The maximum absolute atomic E-state index is 14.6. The molecule has 16 heteroatoms. The van der Waals surface area contributed by atoms with Gasteiger partial charge in [-0.05, 0) is 74.6 Å². The fourth-order valence-electron chi connectivity index (χ4n) is 7.97. The smallest absolute Gasteiger partial charge is 0.221 e. The number of para-hydroxylation sites is 1. The highest BCUT2D eigenvalue weighted by atomic mass is 35.5. The molecular formula is C42H42ClF2N13. The van der Waals surface area contributed by atoms with E-state index < -0.39 is 5.95 Å². The van der Waals surface area contributed by atoms with Crippen molar-refractivity contribution in [2.75, 3.05) is 47.4 Å². The van der Waals surface area contributed by atoms with Crippen molar-refractivity contribution < 1.29 is 8.78 Å². The van der Waals surface area contributed by atoms with Crippen LogP contribution < -0.4 is 21.3 Å². The number of aromatic nitrogens is 7. The number of benzene rings is 3. The van der Waals surface area contributed by atoms with Crippen LogP contribution in [0.15, 0.2) is 66.9 Å². The molecule has 2 fully saturated rings. The van der Waals surface area contributed by atoms with Crippen molar-refractivity contribution in [1.29, 1.82) is 10.5 Å². The molecule has 2 saturated heterocycles. The largest absolute Gasteiger partial charge is 0.370 e. The minimum Gasteiger partial charge on any atom is -0.370 e. The van der Waals surface area contributed by atoms with Gasteiger partial charge >= 0.3 is 0 Å². The average Bonchev–Trinajstić information content (AvgIpc) is 3.76. The quantitative estimate of drug-likeness (QED) is 0.162. The molecule has 2 aliphatic rings. The lowest BCUT2D eigenvalue weighted by atomic mass is 9.92. The molecule has 0 bridgehead atoms. The van der Waals surface area contributed by atoms with E-state index in [2.05, 4.69) is 47.3 Å². The van der Waals surface area contributed by atoms with Gasteiger partial charge in [0, 0.05) is 85.6 Å². The molecule has 3 aromatic heterocycles. The highest BCUT2D eigenvalue weighted by molar-refractivity contribution is 6.30. The number of rotatable bonds is 6. The molecule has 0 radical (unpaired) electrons. The van der Waals surface area contributed by atoms with Gasteiger partial charge in [-0.3, -0.25) is 0 Å². The summed E-state index contributed by atoms with van der Waals surface area (Å²) < 4.78 is 31.5. The third kappa shape index (κ3) is 7.86. The Morgan fingerprint density at radius 1 is 0.707 bits per heavy atom. The third-order valence-corrected chi connectivity index (χ3v) is 11.4. The Bertz CT molecular complexity index is 2520. The molecule has 0 unspecified atom stereocenters. The lowest BCUT2D eigenvalue weighted by molar-refractivity contribution is 0.474. The van der Waals surface area contributed by atoms with E-state index in [0.717, 1.165) is 78.5 Å². The van der Waals surface area contributed by atoms with E-state index in [1.165, 1.54) is 24.4 Å². The van der Waals surface area contributed by atoms with Crippen LogP contribution in [-0.4, -0.2) is 60.7 Å². The predicted octanol–water partition coefficient (Wildman–Crippen LogP) is 7.27. The summed E-state index contributed by atoms with van der Waals surface area (Å²) in [7, 11) is 3.74. The molecule has 0 saturated carbocycles. The van der Waals surface area contributed by atoms with Crippen molar-refractivity contribution in [2.45, 2.75) is 44.4 Å². The fraction of sp³-hybridized carbons (Fsp3) is 0.310. The summed E-state index contributed by atoms with van der Waals surface area (Å²) >= 11 is 6.11. The van der Waals surface area contributed by atoms with Crippen LogP contribution in [-0.2, 0) is 14.1 Å². The molecule has 2 aliphatic heterocycles. The van der Waals surface area contributed by atoms with Gasteiger partial charge in [0.15, 0.2) is 0 Å². The number of hydrogen-bond donors (Lipinski definition) is 2. The number of piperidine rings is 2. The second-order valence-corrected chi connectivity index (χ2v) is 15.0. The number of pyridine rings is 1. The molecule has 0 spiro atoms. The number of halogens is 3. The van der Waals surface area contributed by atoms with Crippen molar-refractivity contribution >= 4 is 34.9 Å². The number of nitriles is 2. The lowest BCUT2D eigenvalue weighted by Crippen LogP contribution is -2.34. The van der Waals surface area contributed by atoms with Gasteiger partial charge in [0.25, 0.3) is 0 Å². The first-order valence-corrected chi connectivity index (χ1v) is 19.3. The molecule has 13 nitrogen and oxygen atoms in total. The topological polar surface area (TPSA) is 180 Å². The predicted molar refractivity (Wildman–Crippen MR) is 220 cm³/mol. The first kappa shape index (κ1) is 39.6. The summed E-state index contributed by atoms with van der Waals surface area (Å²) in [5.41, 5.74) is 18.1. The Balaban J connectivity index is 0.000000177. The van der Waals surface area contributed by atoms with E-state index >= 15 is 0 Å². The number of nitrogens with zero attached hydrogens (tertiary/aromatic N) is 11. The standard InChI is InChI=1S/C21H20ClFN6.C21H22FN7/c1-28-20(26-27-21(28)25)13-7-9-29(10-8-13)19-14(12-24)3-2-4-16(19)17-11-15(22)5-6-18(17)23;1-13-3-5-16(15-4-6-18(22)25-12-15)19(17(13)11-23)29-9-7-14(8-10-29)20-26-27-21(24)28(20)2/h2-6,11,13H,7-10H2,1H3,(H2,25,27);3-6,12,14H,7-10H2,1-2H3,(H2,24,27). The Labute approximate surface area is 340 Å². The average molecular weight is 802 g/mol. The summed E-state index contributed by atoms with van der Waals surface area (Å²) in [4.78, 5) is 8.17. The highest BCUT2D eigenvalue weighted by Gasteiger charge is 2.30. The molecule has 5 heterocycles. The molecule has 3 aromatic carbocycles. The minimum absolute atomic E-state index is 0.238. The molecular weight excluding hydrogens is 760 g/mol. The molecule has 0 amide bonds. The van der Waals surface area contributed by atoms with E-state index in [9.17, 15) is 19.3 Å². The lowest BCUT2D eigenvalue weighted by Gasteiger charge is -2.35. The molecule has 4 N–H and O–H groups in total. The van der Waals surface area contributed by atoms with Gasteiger partial charge < -0.3 is 30.4 Å². The number of aryl methyl sites for hydroxylation is 1. The van der Waals surface area contributed by atoms with Gasteiger partial charge in [0.1, 0.15) is 29.6 Å². The monoisotopic (exact) mass is 801 g/mol. The van der Waals surface area contributed by atoms with Gasteiger partial charge in [-0.1, -0.05) is 35.9 Å². The fourth-order valence-corrected chi connectivity index (χ4v) is 8.14. The summed E-state index contributed by atoms with van der Waals surface area (Å²) in [6, 6.07) is 21.4. The Hall–Kier alpha value is -6.58. The zero-order chi connectivity index (χ0) is 41.1. The van der Waals surface area contributed by atoms with Gasteiger partial charge in [0.05, 0.1) is 22.5 Å². The van der Waals surface area contributed by atoms with Gasteiger partial charge in [-0.25, -0.2) is 9.37 Å².